The summed E-state index contributed by atoms with van der Waals surface area (Å²) in [5.41, 5.74) is 0.839. The van der Waals surface area contributed by atoms with Crippen LogP contribution in [0.5, 0.6) is 17.2 Å². The molecule has 0 fully saturated rings. The Labute approximate surface area is 133 Å². The van der Waals surface area contributed by atoms with E-state index in [1.54, 1.807) is 43.5 Å². The Morgan fingerprint density at radius 3 is 2.18 bits per heavy atom. The lowest BCUT2D eigenvalue weighted by atomic mass is 10.2. The van der Waals surface area contributed by atoms with Gasteiger partial charge in [0.15, 0.2) is 0 Å². The van der Waals surface area contributed by atoms with Crippen LogP contribution < -0.4 is 19.5 Å². The molecule has 0 heterocycles. The van der Waals surface area contributed by atoms with E-state index in [2.05, 4.69) is 5.32 Å². The molecule has 0 aliphatic heterocycles. The zero-order valence-corrected chi connectivity index (χ0v) is 13.2. The fourth-order valence-electron chi connectivity index (χ4n) is 1.91. The molecule has 5 nitrogen and oxygen atoms in total. The van der Waals surface area contributed by atoms with E-state index in [1.807, 2.05) is 0 Å². The van der Waals surface area contributed by atoms with E-state index in [0.29, 0.717) is 33.5 Å². The molecule has 0 bridgehead atoms. The molecule has 0 aliphatic rings. The van der Waals surface area contributed by atoms with Gasteiger partial charge in [0.1, 0.15) is 17.2 Å². The first-order valence-electron chi connectivity index (χ1n) is 6.46. The van der Waals surface area contributed by atoms with Gasteiger partial charge in [-0.15, -0.1) is 0 Å². The second-order valence-corrected chi connectivity index (χ2v) is 4.77. The lowest BCUT2D eigenvalue weighted by molar-refractivity contribution is 0.102. The van der Waals surface area contributed by atoms with E-state index < -0.39 is 0 Å². The maximum Gasteiger partial charge on any atom is 0.257 e. The van der Waals surface area contributed by atoms with Crippen LogP contribution in [0.25, 0.3) is 0 Å². The van der Waals surface area contributed by atoms with Crippen LogP contribution in [-0.2, 0) is 0 Å². The van der Waals surface area contributed by atoms with Crippen molar-refractivity contribution in [2.24, 2.45) is 0 Å². The van der Waals surface area contributed by atoms with Gasteiger partial charge >= 0.3 is 0 Å². The SMILES string of the molecule is COc1ccc(C(=O)Nc2cc(OC)ccc2OC)c(Cl)c1. The lowest BCUT2D eigenvalue weighted by Gasteiger charge is -2.12. The Hall–Kier alpha value is -2.40. The number of methoxy groups -OCH3 is 3. The largest absolute Gasteiger partial charge is 0.497 e. The third kappa shape index (κ3) is 3.43. The summed E-state index contributed by atoms with van der Waals surface area (Å²) in [7, 11) is 4.61. The molecule has 22 heavy (non-hydrogen) atoms. The fourth-order valence-corrected chi connectivity index (χ4v) is 2.16. The van der Waals surface area contributed by atoms with Gasteiger partial charge in [-0.05, 0) is 30.3 Å². The van der Waals surface area contributed by atoms with Gasteiger partial charge in [-0.25, -0.2) is 0 Å². The number of amides is 1. The number of carbonyl (C=O) groups excluding carboxylic acids is 1. The molecule has 0 aromatic heterocycles. The minimum atomic E-state index is -0.348. The molecule has 1 amide bonds. The van der Waals surface area contributed by atoms with E-state index in [0.717, 1.165) is 0 Å². The highest BCUT2D eigenvalue weighted by Gasteiger charge is 2.14. The van der Waals surface area contributed by atoms with E-state index in [4.69, 9.17) is 25.8 Å². The Kier molecular flexibility index (Phi) is 5.12. The highest BCUT2D eigenvalue weighted by Crippen LogP contribution is 2.30. The van der Waals surface area contributed by atoms with Crippen LogP contribution in [0.3, 0.4) is 0 Å². The summed E-state index contributed by atoms with van der Waals surface area (Å²) in [6, 6.07) is 9.99. The molecule has 2 rings (SSSR count). The number of rotatable bonds is 5. The normalized spacial score (nSPS) is 10.0. The number of hydrogen-bond donors (Lipinski definition) is 1. The summed E-state index contributed by atoms with van der Waals surface area (Å²) in [4.78, 5) is 12.4. The number of ether oxygens (including phenoxy) is 3. The molecule has 0 spiro atoms. The average molecular weight is 322 g/mol. The van der Waals surface area contributed by atoms with Gasteiger partial charge in [-0.1, -0.05) is 11.6 Å². The first kappa shape index (κ1) is 16.0. The zero-order chi connectivity index (χ0) is 16.1. The predicted octanol–water partition coefficient (Wildman–Crippen LogP) is 3.62. The van der Waals surface area contributed by atoms with Crippen molar-refractivity contribution in [3.8, 4) is 17.2 Å². The molecule has 0 aliphatic carbocycles. The maximum atomic E-state index is 12.4. The molecule has 0 unspecified atom stereocenters. The van der Waals surface area contributed by atoms with Gasteiger partial charge in [0, 0.05) is 6.07 Å². The third-order valence-electron chi connectivity index (χ3n) is 3.08. The summed E-state index contributed by atoms with van der Waals surface area (Å²) in [6.07, 6.45) is 0. The number of nitrogens with one attached hydrogen (secondary N) is 1. The Bertz CT molecular complexity index is 688. The smallest absolute Gasteiger partial charge is 0.257 e. The second kappa shape index (κ2) is 7.04. The van der Waals surface area contributed by atoms with Crippen LogP contribution in [0.15, 0.2) is 36.4 Å². The lowest BCUT2D eigenvalue weighted by Crippen LogP contribution is -2.13. The molecular weight excluding hydrogens is 306 g/mol. The molecule has 6 heteroatoms. The van der Waals surface area contributed by atoms with Crippen molar-refractivity contribution in [2.45, 2.75) is 0 Å². The molecule has 2 aromatic rings. The molecule has 0 saturated heterocycles. The van der Waals surface area contributed by atoms with Crippen LogP contribution >= 0.6 is 11.6 Å². The Balaban J connectivity index is 2.28. The average Bonchev–Trinajstić information content (AvgIpc) is 2.54. The molecular formula is C16H16ClNO4. The van der Waals surface area contributed by atoms with Crippen LogP contribution in [0.2, 0.25) is 5.02 Å². The number of anilines is 1. The highest BCUT2D eigenvalue weighted by molar-refractivity contribution is 6.34. The molecule has 1 N–H and O–H groups in total. The summed E-state index contributed by atoms with van der Waals surface area (Å²) in [5.74, 6) is 1.37. The molecule has 116 valence electrons. The zero-order valence-electron chi connectivity index (χ0n) is 12.5. The van der Waals surface area contributed by atoms with E-state index in [1.165, 1.54) is 14.2 Å². The van der Waals surface area contributed by atoms with Gasteiger partial charge in [0.05, 0.1) is 37.6 Å². The molecule has 0 saturated carbocycles. The van der Waals surface area contributed by atoms with Crippen molar-refractivity contribution in [3.05, 3.63) is 47.0 Å². The van der Waals surface area contributed by atoms with Crippen molar-refractivity contribution in [3.63, 3.8) is 0 Å². The quantitative estimate of drug-likeness (QED) is 0.914. The van der Waals surface area contributed by atoms with E-state index in [-0.39, 0.29) is 5.91 Å². The monoisotopic (exact) mass is 321 g/mol. The standard InChI is InChI=1S/C16H16ClNO4/c1-20-10-4-6-12(13(17)8-10)16(19)18-14-9-11(21-2)5-7-15(14)22-3/h4-9H,1-3H3,(H,18,19). The van der Waals surface area contributed by atoms with Gasteiger partial charge in [0.25, 0.3) is 5.91 Å². The van der Waals surface area contributed by atoms with Crippen molar-refractivity contribution in [1.29, 1.82) is 0 Å². The first-order chi connectivity index (χ1) is 10.6. The van der Waals surface area contributed by atoms with Crippen molar-refractivity contribution >= 4 is 23.2 Å². The van der Waals surface area contributed by atoms with Gasteiger partial charge < -0.3 is 19.5 Å². The van der Waals surface area contributed by atoms with Crippen molar-refractivity contribution in [1.82, 2.24) is 0 Å². The topological polar surface area (TPSA) is 56.8 Å². The molecule has 2 aromatic carbocycles. The summed E-state index contributed by atoms with van der Waals surface area (Å²) < 4.78 is 15.4. The minimum absolute atomic E-state index is 0.304. The van der Waals surface area contributed by atoms with Crippen molar-refractivity contribution < 1.29 is 19.0 Å². The highest BCUT2D eigenvalue weighted by atomic mass is 35.5. The molecule has 0 atom stereocenters. The van der Waals surface area contributed by atoms with Crippen LogP contribution in [-0.4, -0.2) is 27.2 Å². The number of halogens is 1. The van der Waals surface area contributed by atoms with E-state index in [9.17, 15) is 4.79 Å². The Morgan fingerprint density at radius 1 is 0.955 bits per heavy atom. The summed E-state index contributed by atoms with van der Waals surface area (Å²) in [6.45, 7) is 0. The summed E-state index contributed by atoms with van der Waals surface area (Å²) in [5, 5.41) is 3.07. The minimum Gasteiger partial charge on any atom is -0.497 e. The van der Waals surface area contributed by atoms with Crippen molar-refractivity contribution in [2.75, 3.05) is 26.6 Å². The van der Waals surface area contributed by atoms with Gasteiger partial charge in [0.2, 0.25) is 0 Å². The van der Waals surface area contributed by atoms with Gasteiger partial charge in [-0.2, -0.15) is 0 Å². The second-order valence-electron chi connectivity index (χ2n) is 4.37. The number of benzene rings is 2. The Morgan fingerprint density at radius 2 is 1.59 bits per heavy atom. The number of hydrogen-bond acceptors (Lipinski definition) is 4. The van der Waals surface area contributed by atoms with Crippen LogP contribution in [0.4, 0.5) is 5.69 Å². The number of carbonyl (C=O) groups is 1. The predicted molar refractivity (Wildman–Crippen MR) is 85.5 cm³/mol. The van der Waals surface area contributed by atoms with Crippen LogP contribution in [0.1, 0.15) is 10.4 Å². The maximum absolute atomic E-state index is 12.4. The fraction of sp³-hybridized carbons (Fsp3) is 0.188. The van der Waals surface area contributed by atoms with Gasteiger partial charge in [-0.3, -0.25) is 4.79 Å². The van der Waals surface area contributed by atoms with Crippen LogP contribution in [0, 0.1) is 0 Å². The van der Waals surface area contributed by atoms with E-state index >= 15 is 0 Å². The first-order valence-corrected chi connectivity index (χ1v) is 6.83. The molecule has 0 radical (unpaired) electrons. The summed E-state index contributed by atoms with van der Waals surface area (Å²) >= 11 is 6.10. The third-order valence-corrected chi connectivity index (χ3v) is 3.39.